The first-order valence-corrected chi connectivity index (χ1v) is 5.64. The molecule has 0 aliphatic rings. The second-order valence-electron chi connectivity index (χ2n) is 3.18. The van der Waals surface area contributed by atoms with Gasteiger partial charge in [0.25, 0.3) is 0 Å². The lowest BCUT2D eigenvalue weighted by Gasteiger charge is -2.01. The zero-order valence-electron chi connectivity index (χ0n) is 8.71. The van der Waals surface area contributed by atoms with E-state index in [1.807, 2.05) is 16.8 Å². The molecule has 2 rings (SSSR count). The fraction of sp³-hybridized carbons (Fsp3) is 0.182. The Morgan fingerprint density at radius 2 is 2.38 bits per heavy atom. The highest BCUT2D eigenvalue weighted by atomic mass is 32.1. The van der Waals surface area contributed by atoms with Crippen LogP contribution in [0.25, 0.3) is 0 Å². The number of methoxy groups -OCH3 is 1. The van der Waals surface area contributed by atoms with Gasteiger partial charge in [0.05, 0.1) is 7.11 Å². The van der Waals surface area contributed by atoms with E-state index in [4.69, 9.17) is 4.74 Å². The van der Waals surface area contributed by atoms with Crippen molar-refractivity contribution >= 4 is 17.1 Å². The highest BCUT2D eigenvalue weighted by Gasteiger charge is 2.10. The maximum absolute atomic E-state index is 11.8. The lowest BCUT2D eigenvalue weighted by atomic mass is 10.1. The average molecular weight is 234 g/mol. The lowest BCUT2D eigenvalue weighted by Crippen LogP contribution is -2.06. The Bertz CT molecular complexity index is 482. The van der Waals surface area contributed by atoms with Crippen LogP contribution in [0, 0.1) is 0 Å². The first-order chi connectivity index (χ1) is 7.79. The summed E-state index contributed by atoms with van der Waals surface area (Å²) in [4.78, 5) is 19.6. The van der Waals surface area contributed by atoms with Gasteiger partial charge in [0, 0.05) is 12.5 Å². The largest absolute Gasteiger partial charge is 0.481 e. The first-order valence-electron chi connectivity index (χ1n) is 4.70. The third kappa shape index (κ3) is 2.43. The van der Waals surface area contributed by atoms with Gasteiger partial charge < -0.3 is 4.74 Å². The van der Waals surface area contributed by atoms with Crippen LogP contribution < -0.4 is 4.74 Å². The molecular weight excluding hydrogens is 224 g/mol. The molecule has 16 heavy (non-hydrogen) atoms. The fourth-order valence-corrected chi connectivity index (χ4v) is 1.94. The number of carbonyl (C=O) groups is 1. The van der Waals surface area contributed by atoms with Gasteiger partial charge in [-0.15, -0.1) is 0 Å². The summed E-state index contributed by atoms with van der Waals surface area (Å²) in [5, 5.41) is 3.90. The van der Waals surface area contributed by atoms with E-state index in [1.54, 1.807) is 17.4 Å². The number of rotatable bonds is 4. The Morgan fingerprint density at radius 3 is 3.06 bits per heavy atom. The van der Waals surface area contributed by atoms with Crippen molar-refractivity contribution in [3.8, 4) is 5.88 Å². The third-order valence-electron chi connectivity index (χ3n) is 2.08. The predicted octanol–water partition coefficient (Wildman–Crippen LogP) is 1.97. The molecule has 5 heteroatoms. The molecule has 0 fully saturated rings. The molecule has 0 amide bonds. The van der Waals surface area contributed by atoms with Crippen LogP contribution in [0.1, 0.15) is 16.1 Å². The summed E-state index contributed by atoms with van der Waals surface area (Å²) in [5.74, 6) is 0.378. The van der Waals surface area contributed by atoms with E-state index in [-0.39, 0.29) is 5.78 Å². The van der Waals surface area contributed by atoms with Gasteiger partial charge in [-0.1, -0.05) is 0 Å². The standard InChI is InChI=1S/C11H10N2O2S/c1-15-11-5-9(12-7-13-11)10(14)4-8-2-3-16-6-8/h2-3,5-7H,4H2,1H3. The van der Waals surface area contributed by atoms with E-state index >= 15 is 0 Å². The maximum Gasteiger partial charge on any atom is 0.216 e. The first kappa shape index (κ1) is 10.8. The van der Waals surface area contributed by atoms with Crippen LogP contribution in [0.2, 0.25) is 0 Å². The number of ketones is 1. The van der Waals surface area contributed by atoms with E-state index in [1.165, 1.54) is 13.4 Å². The number of hydrogen-bond acceptors (Lipinski definition) is 5. The Labute approximate surface area is 96.9 Å². The van der Waals surface area contributed by atoms with Gasteiger partial charge in [0.15, 0.2) is 5.78 Å². The summed E-state index contributed by atoms with van der Waals surface area (Å²) in [7, 11) is 1.51. The molecule has 0 aliphatic carbocycles. The number of nitrogens with zero attached hydrogens (tertiary/aromatic N) is 2. The summed E-state index contributed by atoms with van der Waals surface area (Å²) in [6, 6.07) is 3.48. The lowest BCUT2D eigenvalue weighted by molar-refractivity contribution is 0.0987. The van der Waals surface area contributed by atoms with Crippen molar-refractivity contribution in [3.63, 3.8) is 0 Å². The molecule has 0 aliphatic heterocycles. The molecule has 0 atom stereocenters. The summed E-state index contributed by atoms with van der Waals surface area (Å²) < 4.78 is 4.94. The summed E-state index contributed by atoms with van der Waals surface area (Å²) >= 11 is 1.57. The van der Waals surface area contributed by atoms with Crippen LogP contribution in [-0.4, -0.2) is 22.9 Å². The van der Waals surface area contributed by atoms with E-state index in [2.05, 4.69) is 9.97 Å². The monoisotopic (exact) mass is 234 g/mol. The molecule has 0 bridgehead atoms. The van der Waals surface area contributed by atoms with Gasteiger partial charge in [0.1, 0.15) is 12.0 Å². The molecule has 4 nitrogen and oxygen atoms in total. The molecule has 0 aromatic carbocycles. The van der Waals surface area contributed by atoms with Crippen molar-refractivity contribution in [3.05, 3.63) is 40.5 Å². The highest BCUT2D eigenvalue weighted by molar-refractivity contribution is 7.08. The van der Waals surface area contributed by atoms with E-state index in [0.29, 0.717) is 18.0 Å². The summed E-state index contributed by atoms with van der Waals surface area (Å²) in [6.45, 7) is 0. The number of hydrogen-bond donors (Lipinski definition) is 0. The number of aromatic nitrogens is 2. The minimum absolute atomic E-state index is 0.0286. The zero-order chi connectivity index (χ0) is 11.4. The third-order valence-corrected chi connectivity index (χ3v) is 2.81. The number of thiophene rings is 1. The minimum Gasteiger partial charge on any atom is -0.481 e. The van der Waals surface area contributed by atoms with Crippen molar-refractivity contribution in [2.75, 3.05) is 7.11 Å². The van der Waals surface area contributed by atoms with Gasteiger partial charge in [-0.25, -0.2) is 9.97 Å². The topological polar surface area (TPSA) is 52.1 Å². The molecule has 2 aromatic heterocycles. The van der Waals surface area contributed by atoms with E-state index < -0.39 is 0 Å². The quantitative estimate of drug-likeness (QED) is 0.759. The normalized spacial score (nSPS) is 10.1. The van der Waals surface area contributed by atoms with Crippen LogP contribution in [0.3, 0.4) is 0 Å². The van der Waals surface area contributed by atoms with Gasteiger partial charge in [-0.05, 0) is 22.4 Å². The highest BCUT2D eigenvalue weighted by Crippen LogP contribution is 2.11. The van der Waals surface area contributed by atoms with E-state index in [0.717, 1.165) is 5.56 Å². The van der Waals surface area contributed by atoms with Crippen LogP contribution >= 0.6 is 11.3 Å². The van der Waals surface area contributed by atoms with Crippen molar-refractivity contribution in [1.29, 1.82) is 0 Å². The van der Waals surface area contributed by atoms with Crippen LogP contribution in [0.4, 0.5) is 0 Å². The molecule has 0 N–H and O–H groups in total. The summed E-state index contributed by atoms with van der Waals surface area (Å²) in [5.41, 5.74) is 1.39. The number of carbonyl (C=O) groups excluding carboxylic acids is 1. The van der Waals surface area contributed by atoms with Crippen molar-refractivity contribution in [2.45, 2.75) is 6.42 Å². The maximum atomic E-state index is 11.8. The number of ether oxygens (including phenoxy) is 1. The Hall–Kier alpha value is -1.75. The molecule has 2 aromatic rings. The average Bonchev–Trinajstić information content (AvgIpc) is 2.82. The van der Waals surface area contributed by atoms with Gasteiger partial charge in [0.2, 0.25) is 5.88 Å². The fourth-order valence-electron chi connectivity index (χ4n) is 1.27. The van der Waals surface area contributed by atoms with E-state index in [9.17, 15) is 4.79 Å². The van der Waals surface area contributed by atoms with Crippen LogP contribution in [-0.2, 0) is 6.42 Å². The molecular formula is C11H10N2O2S. The molecule has 0 saturated heterocycles. The minimum atomic E-state index is -0.0286. The second kappa shape index (κ2) is 4.85. The van der Waals surface area contributed by atoms with Gasteiger partial charge >= 0.3 is 0 Å². The smallest absolute Gasteiger partial charge is 0.216 e. The number of Topliss-reactive ketones (excluding diaryl/α,β-unsaturated/α-hetero) is 1. The van der Waals surface area contributed by atoms with Crippen molar-refractivity contribution in [2.24, 2.45) is 0 Å². The molecule has 0 saturated carbocycles. The van der Waals surface area contributed by atoms with Gasteiger partial charge in [-0.3, -0.25) is 4.79 Å². The van der Waals surface area contributed by atoms with Crippen molar-refractivity contribution < 1.29 is 9.53 Å². The van der Waals surface area contributed by atoms with Crippen molar-refractivity contribution in [1.82, 2.24) is 9.97 Å². The summed E-state index contributed by atoms with van der Waals surface area (Å²) in [6.07, 6.45) is 1.70. The van der Waals surface area contributed by atoms with Crippen LogP contribution in [0.15, 0.2) is 29.2 Å². The Morgan fingerprint density at radius 1 is 1.50 bits per heavy atom. The molecule has 0 unspecified atom stereocenters. The molecule has 0 spiro atoms. The Balaban J connectivity index is 2.14. The van der Waals surface area contributed by atoms with Crippen LogP contribution in [0.5, 0.6) is 5.88 Å². The second-order valence-corrected chi connectivity index (χ2v) is 3.96. The molecule has 82 valence electrons. The Kier molecular flexibility index (Phi) is 3.26. The predicted molar refractivity (Wildman–Crippen MR) is 60.9 cm³/mol. The van der Waals surface area contributed by atoms with Gasteiger partial charge in [-0.2, -0.15) is 11.3 Å². The molecule has 0 radical (unpaired) electrons. The molecule has 2 heterocycles. The SMILES string of the molecule is COc1cc(C(=O)Cc2ccsc2)ncn1. The zero-order valence-corrected chi connectivity index (χ0v) is 9.53.